The first kappa shape index (κ1) is 15.3. The third-order valence-electron chi connectivity index (χ3n) is 5.32. The molecule has 0 radical (unpaired) electrons. The molecule has 2 aliphatic heterocycles. The van der Waals surface area contributed by atoms with Crippen LogP contribution in [-0.2, 0) is 14.6 Å². The molecule has 0 spiro atoms. The van der Waals surface area contributed by atoms with Crippen LogP contribution in [0.25, 0.3) is 5.52 Å². The summed E-state index contributed by atoms with van der Waals surface area (Å²) in [4.78, 5) is 19.5. The molecule has 1 saturated carbocycles. The first-order chi connectivity index (χ1) is 12.0. The van der Waals surface area contributed by atoms with Gasteiger partial charge in [0, 0.05) is 18.7 Å². The van der Waals surface area contributed by atoms with E-state index in [1.807, 2.05) is 28.8 Å². The van der Waals surface area contributed by atoms with Gasteiger partial charge in [0.15, 0.2) is 15.5 Å². The van der Waals surface area contributed by atoms with Crippen molar-refractivity contribution in [3.8, 4) is 0 Å². The van der Waals surface area contributed by atoms with Crippen molar-refractivity contribution in [2.24, 2.45) is 0 Å². The lowest BCUT2D eigenvalue weighted by atomic mass is 10.1. The fourth-order valence-electron chi connectivity index (χ4n) is 3.95. The van der Waals surface area contributed by atoms with Crippen molar-refractivity contribution >= 4 is 21.3 Å². The summed E-state index contributed by atoms with van der Waals surface area (Å²) in [6.45, 7) is 0.768. The summed E-state index contributed by atoms with van der Waals surface area (Å²) in [5, 5.41) is 0. The quantitative estimate of drug-likeness (QED) is 0.792. The number of imidazole rings is 1. The molecule has 25 heavy (non-hydrogen) atoms. The number of ether oxygens (including phenoxy) is 1. The Labute approximate surface area is 145 Å². The van der Waals surface area contributed by atoms with E-state index in [9.17, 15) is 13.2 Å². The largest absolute Gasteiger partial charge is 0.373 e. The molecule has 1 aliphatic carbocycles. The average Bonchev–Trinajstić information content (AvgIpc) is 3.27. The molecule has 5 rings (SSSR count). The number of nitrogens with zero attached hydrogens (tertiary/aromatic N) is 3. The minimum atomic E-state index is -3.16. The van der Waals surface area contributed by atoms with E-state index >= 15 is 0 Å². The van der Waals surface area contributed by atoms with Gasteiger partial charge in [-0.05, 0) is 25.0 Å². The van der Waals surface area contributed by atoms with Crippen LogP contribution in [0.15, 0.2) is 24.4 Å². The van der Waals surface area contributed by atoms with E-state index in [0.29, 0.717) is 24.8 Å². The van der Waals surface area contributed by atoms with Gasteiger partial charge in [-0.25, -0.2) is 13.4 Å². The number of morpholine rings is 1. The number of amides is 1. The van der Waals surface area contributed by atoms with Crippen LogP contribution >= 0.6 is 0 Å². The SMILES string of the molecule is O=C(c1nc(C2CC2)n2ccccc12)N1CCOC2CS(=O)(=O)CC21. The normalized spacial score (nSPS) is 28.2. The van der Waals surface area contributed by atoms with Crippen LogP contribution in [0.3, 0.4) is 0 Å². The molecule has 3 aliphatic rings. The highest BCUT2D eigenvalue weighted by Gasteiger charge is 2.46. The highest BCUT2D eigenvalue weighted by Crippen LogP contribution is 2.40. The second-order valence-corrected chi connectivity index (χ2v) is 9.25. The minimum Gasteiger partial charge on any atom is -0.373 e. The van der Waals surface area contributed by atoms with Gasteiger partial charge in [-0.2, -0.15) is 0 Å². The van der Waals surface area contributed by atoms with Crippen LogP contribution in [0, 0.1) is 0 Å². The molecule has 4 heterocycles. The standard InChI is InChI=1S/C17H19N3O4S/c21-17(20-7-8-24-14-10-25(22,23)9-13(14)20)15-12-3-1-2-6-19(12)16(18-15)11-4-5-11/h1-3,6,11,13-14H,4-5,7-10H2. The molecule has 2 aromatic heterocycles. The molecule has 132 valence electrons. The van der Waals surface area contributed by atoms with Crippen molar-refractivity contribution in [2.75, 3.05) is 24.7 Å². The number of sulfone groups is 1. The Morgan fingerprint density at radius 2 is 2.08 bits per heavy atom. The summed E-state index contributed by atoms with van der Waals surface area (Å²) < 4.78 is 31.5. The number of hydrogen-bond acceptors (Lipinski definition) is 5. The molecule has 2 atom stereocenters. The Bertz CT molecular complexity index is 963. The van der Waals surface area contributed by atoms with Gasteiger partial charge in [-0.3, -0.25) is 4.79 Å². The lowest BCUT2D eigenvalue weighted by Gasteiger charge is -2.36. The summed E-state index contributed by atoms with van der Waals surface area (Å²) in [5.41, 5.74) is 1.21. The molecule has 2 aromatic rings. The Balaban J connectivity index is 1.55. The molecular formula is C17H19N3O4S. The molecular weight excluding hydrogens is 342 g/mol. The predicted molar refractivity (Wildman–Crippen MR) is 90.4 cm³/mol. The van der Waals surface area contributed by atoms with E-state index in [2.05, 4.69) is 4.98 Å². The molecule has 7 nitrogen and oxygen atoms in total. The minimum absolute atomic E-state index is 0.00128. The van der Waals surface area contributed by atoms with Crippen LogP contribution in [-0.4, -0.2) is 65.4 Å². The number of carbonyl (C=O) groups excluding carboxylic acids is 1. The molecule has 0 N–H and O–H groups in total. The topological polar surface area (TPSA) is 81.0 Å². The molecule has 2 saturated heterocycles. The Hall–Kier alpha value is -1.93. The van der Waals surface area contributed by atoms with Gasteiger partial charge < -0.3 is 14.0 Å². The maximum absolute atomic E-state index is 13.2. The van der Waals surface area contributed by atoms with Crippen molar-refractivity contribution in [3.63, 3.8) is 0 Å². The lowest BCUT2D eigenvalue weighted by molar-refractivity contribution is -0.0362. The number of fused-ring (bicyclic) bond motifs is 2. The number of carbonyl (C=O) groups is 1. The summed E-state index contributed by atoms with van der Waals surface area (Å²) in [7, 11) is -3.16. The maximum Gasteiger partial charge on any atom is 0.275 e. The highest BCUT2D eigenvalue weighted by molar-refractivity contribution is 7.91. The monoisotopic (exact) mass is 361 g/mol. The number of rotatable bonds is 2. The first-order valence-electron chi connectivity index (χ1n) is 8.63. The smallest absolute Gasteiger partial charge is 0.275 e. The second-order valence-electron chi connectivity index (χ2n) is 7.10. The zero-order valence-corrected chi connectivity index (χ0v) is 14.5. The van der Waals surface area contributed by atoms with Gasteiger partial charge in [0.05, 0.1) is 35.8 Å². The van der Waals surface area contributed by atoms with E-state index in [-0.39, 0.29) is 17.4 Å². The van der Waals surface area contributed by atoms with Gasteiger partial charge >= 0.3 is 0 Å². The van der Waals surface area contributed by atoms with Gasteiger partial charge in [0.25, 0.3) is 5.91 Å². The number of aromatic nitrogens is 2. The average molecular weight is 361 g/mol. The molecule has 1 amide bonds. The summed E-state index contributed by atoms with van der Waals surface area (Å²) in [5.74, 6) is 1.14. The van der Waals surface area contributed by atoms with Gasteiger partial charge in [0.2, 0.25) is 0 Å². The van der Waals surface area contributed by atoms with Gasteiger partial charge in [-0.15, -0.1) is 0 Å². The van der Waals surface area contributed by atoms with Crippen molar-refractivity contribution in [2.45, 2.75) is 30.9 Å². The zero-order valence-electron chi connectivity index (χ0n) is 13.7. The van der Waals surface area contributed by atoms with Crippen molar-refractivity contribution < 1.29 is 17.9 Å². The van der Waals surface area contributed by atoms with Crippen molar-refractivity contribution in [1.29, 1.82) is 0 Å². The van der Waals surface area contributed by atoms with Gasteiger partial charge in [0.1, 0.15) is 5.82 Å². The molecule has 0 bridgehead atoms. The van der Waals surface area contributed by atoms with Crippen LogP contribution in [0.4, 0.5) is 0 Å². The van der Waals surface area contributed by atoms with Crippen LogP contribution in [0.5, 0.6) is 0 Å². The first-order valence-corrected chi connectivity index (χ1v) is 10.5. The molecule has 8 heteroatoms. The third kappa shape index (κ3) is 2.46. The Kier molecular flexibility index (Phi) is 3.24. The van der Waals surface area contributed by atoms with Crippen LogP contribution in [0.1, 0.15) is 35.1 Å². The molecule has 0 aromatic carbocycles. The van der Waals surface area contributed by atoms with Crippen molar-refractivity contribution in [3.05, 3.63) is 35.9 Å². The second kappa shape index (κ2) is 5.28. The zero-order chi connectivity index (χ0) is 17.2. The number of hydrogen-bond donors (Lipinski definition) is 0. The van der Waals surface area contributed by atoms with Gasteiger partial charge in [-0.1, -0.05) is 6.07 Å². The summed E-state index contributed by atoms with van der Waals surface area (Å²) >= 11 is 0. The maximum atomic E-state index is 13.2. The fourth-order valence-corrected chi connectivity index (χ4v) is 5.82. The van der Waals surface area contributed by atoms with Crippen molar-refractivity contribution in [1.82, 2.24) is 14.3 Å². The highest BCUT2D eigenvalue weighted by atomic mass is 32.2. The number of pyridine rings is 1. The Morgan fingerprint density at radius 3 is 2.88 bits per heavy atom. The summed E-state index contributed by atoms with van der Waals surface area (Å²) in [6.07, 6.45) is 3.72. The fraction of sp³-hybridized carbons (Fsp3) is 0.529. The molecule has 3 fully saturated rings. The van der Waals surface area contributed by atoms with E-state index in [1.54, 1.807) is 4.90 Å². The van der Waals surface area contributed by atoms with E-state index in [0.717, 1.165) is 24.2 Å². The van der Waals surface area contributed by atoms with E-state index < -0.39 is 22.0 Å². The van der Waals surface area contributed by atoms with Crippen LogP contribution < -0.4 is 0 Å². The summed E-state index contributed by atoms with van der Waals surface area (Å²) in [6, 6.07) is 5.32. The molecule has 2 unspecified atom stereocenters. The Morgan fingerprint density at radius 1 is 1.24 bits per heavy atom. The third-order valence-corrected chi connectivity index (χ3v) is 7.00. The lowest BCUT2D eigenvalue weighted by Crippen LogP contribution is -2.53. The van der Waals surface area contributed by atoms with Crippen LogP contribution in [0.2, 0.25) is 0 Å². The van der Waals surface area contributed by atoms with E-state index in [1.165, 1.54) is 0 Å². The van der Waals surface area contributed by atoms with E-state index in [4.69, 9.17) is 4.74 Å². The predicted octanol–water partition coefficient (Wildman–Crippen LogP) is 0.850.